The van der Waals surface area contributed by atoms with E-state index in [9.17, 15) is 0 Å². The van der Waals surface area contributed by atoms with E-state index in [0.29, 0.717) is 18.3 Å². The Bertz CT molecular complexity index is 546. The third-order valence-corrected chi connectivity index (χ3v) is 3.36. The highest BCUT2D eigenvalue weighted by Crippen LogP contribution is 2.23. The maximum atomic E-state index is 6.02. The molecule has 1 heterocycles. The van der Waals surface area contributed by atoms with Crippen molar-refractivity contribution in [2.45, 2.75) is 13.2 Å². The third-order valence-electron chi connectivity index (χ3n) is 2.62. The van der Waals surface area contributed by atoms with E-state index in [1.165, 1.54) is 5.56 Å². The van der Waals surface area contributed by atoms with Crippen LogP contribution < -0.4 is 5.32 Å². The molecule has 0 aliphatic heterocycles. The molecule has 0 aliphatic carbocycles. The summed E-state index contributed by atoms with van der Waals surface area (Å²) >= 11 is 9.39. The van der Waals surface area contributed by atoms with Crippen LogP contribution in [0.1, 0.15) is 11.1 Å². The summed E-state index contributed by atoms with van der Waals surface area (Å²) in [5, 5.41) is 3.74. The first-order chi connectivity index (χ1) is 9.19. The normalized spacial score (nSPS) is 10.5. The van der Waals surface area contributed by atoms with Gasteiger partial charge in [-0.2, -0.15) is 0 Å². The van der Waals surface area contributed by atoms with Gasteiger partial charge in [0.15, 0.2) is 5.15 Å². The number of aromatic nitrogens is 1. The molecule has 0 aliphatic rings. The second-order valence-corrected chi connectivity index (χ2v) is 5.37. The lowest BCUT2D eigenvalue weighted by atomic mass is 10.1. The van der Waals surface area contributed by atoms with Gasteiger partial charge < -0.3 is 10.1 Å². The smallest absolute Gasteiger partial charge is 0.152 e. The molecule has 0 saturated heterocycles. The van der Waals surface area contributed by atoms with Crippen LogP contribution in [0.15, 0.2) is 41.0 Å². The molecular formula is C14H14BrClN2O. The second kappa shape index (κ2) is 6.89. The number of anilines is 1. The van der Waals surface area contributed by atoms with E-state index in [-0.39, 0.29) is 0 Å². The van der Waals surface area contributed by atoms with Crippen LogP contribution in [0.2, 0.25) is 5.15 Å². The molecule has 0 radical (unpaired) electrons. The fraction of sp³-hybridized carbons (Fsp3) is 0.214. The Morgan fingerprint density at radius 3 is 2.63 bits per heavy atom. The van der Waals surface area contributed by atoms with E-state index >= 15 is 0 Å². The van der Waals surface area contributed by atoms with Crippen molar-refractivity contribution in [3.05, 3.63) is 57.3 Å². The molecule has 1 N–H and O–H groups in total. The zero-order chi connectivity index (χ0) is 13.7. The van der Waals surface area contributed by atoms with Crippen LogP contribution >= 0.6 is 27.5 Å². The van der Waals surface area contributed by atoms with E-state index in [1.54, 1.807) is 13.3 Å². The molecule has 19 heavy (non-hydrogen) atoms. The van der Waals surface area contributed by atoms with Crippen LogP contribution in [-0.2, 0) is 17.9 Å². The Morgan fingerprint density at radius 1 is 1.26 bits per heavy atom. The standard InChI is InChI=1S/C14H14BrClN2O/c1-19-9-11-4-2-10(3-5-11)7-17-13-6-12(15)8-18-14(13)16/h2-6,8,17H,7,9H2,1H3. The molecule has 0 bridgehead atoms. The van der Waals surface area contributed by atoms with Gasteiger partial charge in [0, 0.05) is 24.3 Å². The van der Waals surface area contributed by atoms with Gasteiger partial charge in [-0.25, -0.2) is 4.98 Å². The van der Waals surface area contributed by atoms with Crippen LogP contribution in [0, 0.1) is 0 Å². The summed E-state index contributed by atoms with van der Waals surface area (Å²) in [6.07, 6.45) is 1.67. The summed E-state index contributed by atoms with van der Waals surface area (Å²) in [6, 6.07) is 10.2. The predicted molar refractivity (Wildman–Crippen MR) is 81.4 cm³/mol. The number of hydrogen-bond acceptors (Lipinski definition) is 3. The molecular weight excluding hydrogens is 328 g/mol. The molecule has 1 aromatic heterocycles. The van der Waals surface area contributed by atoms with Crippen molar-refractivity contribution in [2.75, 3.05) is 12.4 Å². The fourth-order valence-corrected chi connectivity index (χ4v) is 2.17. The first kappa shape index (κ1) is 14.3. The Hall–Kier alpha value is -1.10. The molecule has 0 fully saturated rings. The molecule has 1 aromatic carbocycles. The van der Waals surface area contributed by atoms with Crippen LogP contribution in [-0.4, -0.2) is 12.1 Å². The van der Waals surface area contributed by atoms with Crippen molar-refractivity contribution in [2.24, 2.45) is 0 Å². The van der Waals surface area contributed by atoms with E-state index in [0.717, 1.165) is 15.7 Å². The number of halogens is 2. The predicted octanol–water partition coefficient (Wildman–Crippen LogP) is 4.26. The number of nitrogens with zero attached hydrogens (tertiary/aromatic N) is 1. The van der Waals surface area contributed by atoms with Gasteiger partial charge in [-0.15, -0.1) is 0 Å². The maximum absolute atomic E-state index is 6.02. The molecule has 0 amide bonds. The number of methoxy groups -OCH3 is 1. The van der Waals surface area contributed by atoms with E-state index in [2.05, 4.69) is 50.5 Å². The van der Waals surface area contributed by atoms with Gasteiger partial charge in [0.05, 0.1) is 12.3 Å². The Morgan fingerprint density at radius 2 is 1.95 bits per heavy atom. The van der Waals surface area contributed by atoms with Gasteiger partial charge in [0.25, 0.3) is 0 Å². The highest BCUT2D eigenvalue weighted by Gasteiger charge is 2.02. The van der Waals surface area contributed by atoms with Crippen molar-refractivity contribution in [1.82, 2.24) is 4.98 Å². The quantitative estimate of drug-likeness (QED) is 0.825. The monoisotopic (exact) mass is 340 g/mol. The first-order valence-corrected chi connectivity index (χ1v) is 6.98. The summed E-state index contributed by atoms with van der Waals surface area (Å²) in [4.78, 5) is 4.07. The Kier molecular flexibility index (Phi) is 5.19. The summed E-state index contributed by atoms with van der Waals surface area (Å²) in [6.45, 7) is 1.33. The minimum Gasteiger partial charge on any atom is -0.380 e. The van der Waals surface area contributed by atoms with Gasteiger partial charge in [0.2, 0.25) is 0 Å². The highest BCUT2D eigenvalue weighted by atomic mass is 79.9. The molecule has 100 valence electrons. The molecule has 2 rings (SSSR count). The van der Waals surface area contributed by atoms with Crippen molar-refractivity contribution < 1.29 is 4.74 Å². The molecule has 2 aromatic rings. The van der Waals surface area contributed by atoms with Crippen LogP contribution in [0.25, 0.3) is 0 Å². The largest absolute Gasteiger partial charge is 0.380 e. The SMILES string of the molecule is COCc1ccc(CNc2cc(Br)cnc2Cl)cc1. The minimum absolute atomic E-state index is 0.471. The van der Waals surface area contributed by atoms with Crippen LogP contribution in [0.5, 0.6) is 0 Å². The maximum Gasteiger partial charge on any atom is 0.152 e. The average molecular weight is 342 g/mol. The molecule has 0 atom stereocenters. The minimum atomic E-state index is 0.471. The molecule has 0 spiro atoms. The van der Waals surface area contributed by atoms with Crippen molar-refractivity contribution >= 4 is 33.2 Å². The third kappa shape index (κ3) is 4.20. The number of hydrogen-bond donors (Lipinski definition) is 1. The lowest BCUT2D eigenvalue weighted by Crippen LogP contribution is -2.01. The number of ether oxygens (including phenoxy) is 1. The number of nitrogens with one attached hydrogen (secondary N) is 1. The summed E-state index contributed by atoms with van der Waals surface area (Å²) in [5.74, 6) is 0. The molecule has 0 saturated carbocycles. The van der Waals surface area contributed by atoms with E-state index in [1.807, 2.05) is 6.07 Å². The Balaban J connectivity index is 2.00. The zero-order valence-electron chi connectivity index (χ0n) is 10.5. The zero-order valence-corrected chi connectivity index (χ0v) is 12.8. The number of rotatable bonds is 5. The lowest BCUT2D eigenvalue weighted by Gasteiger charge is -2.09. The van der Waals surface area contributed by atoms with Gasteiger partial charge >= 0.3 is 0 Å². The number of pyridine rings is 1. The fourth-order valence-electron chi connectivity index (χ4n) is 1.66. The molecule has 0 unspecified atom stereocenters. The lowest BCUT2D eigenvalue weighted by molar-refractivity contribution is 0.185. The molecule has 5 heteroatoms. The highest BCUT2D eigenvalue weighted by molar-refractivity contribution is 9.10. The molecule has 3 nitrogen and oxygen atoms in total. The summed E-state index contributed by atoms with van der Waals surface area (Å²) in [7, 11) is 1.69. The topological polar surface area (TPSA) is 34.1 Å². The Labute approximate surface area is 126 Å². The van der Waals surface area contributed by atoms with E-state index < -0.39 is 0 Å². The van der Waals surface area contributed by atoms with Gasteiger partial charge in [-0.1, -0.05) is 35.9 Å². The van der Waals surface area contributed by atoms with Crippen LogP contribution in [0.4, 0.5) is 5.69 Å². The van der Waals surface area contributed by atoms with Gasteiger partial charge in [0.1, 0.15) is 0 Å². The second-order valence-electron chi connectivity index (χ2n) is 4.09. The van der Waals surface area contributed by atoms with Gasteiger partial charge in [-0.3, -0.25) is 0 Å². The van der Waals surface area contributed by atoms with E-state index in [4.69, 9.17) is 16.3 Å². The summed E-state index contributed by atoms with van der Waals surface area (Å²) < 4.78 is 5.98. The first-order valence-electron chi connectivity index (χ1n) is 5.80. The number of benzene rings is 1. The van der Waals surface area contributed by atoms with Crippen molar-refractivity contribution in [1.29, 1.82) is 0 Å². The van der Waals surface area contributed by atoms with Crippen molar-refractivity contribution in [3.63, 3.8) is 0 Å². The van der Waals surface area contributed by atoms with Crippen molar-refractivity contribution in [3.8, 4) is 0 Å². The summed E-state index contributed by atoms with van der Waals surface area (Å²) in [5.41, 5.74) is 3.15. The van der Waals surface area contributed by atoms with Crippen LogP contribution in [0.3, 0.4) is 0 Å². The van der Waals surface area contributed by atoms with Gasteiger partial charge in [-0.05, 0) is 33.1 Å². The average Bonchev–Trinajstić information content (AvgIpc) is 2.42.